The SMILES string of the molecule is O=C(CCc1ccc(Cl)cc1Cl)NCCCOC1CCCCC1. The Morgan fingerprint density at radius 3 is 2.74 bits per heavy atom. The van der Waals surface area contributed by atoms with Crippen molar-refractivity contribution in [2.24, 2.45) is 0 Å². The second kappa shape index (κ2) is 10.2. The van der Waals surface area contributed by atoms with E-state index in [-0.39, 0.29) is 5.91 Å². The molecule has 1 aliphatic rings. The summed E-state index contributed by atoms with van der Waals surface area (Å²) in [6.45, 7) is 1.40. The van der Waals surface area contributed by atoms with Gasteiger partial charge in [0.05, 0.1) is 6.10 Å². The van der Waals surface area contributed by atoms with Crippen molar-refractivity contribution < 1.29 is 9.53 Å². The van der Waals surface area contributed by atoms with Crippen LogP contribution < -0.4 is 5.32 Å². The average molecular weight is 358 g/mol. The quantitative estimate of drug-likeness (QED) is 0.679. The van der Waals surface area contributed by atoms with Gasteiger partial charge in [0.25, 0.3) is 0 Å². The van der Waals surface area contributed by atoms with Crippen molar-refractivity contribution in [3.8, 4) is 0 Å². The minimum atomic E-state index is 0.0497. The predicted molar refractivity (Wildman–Crippen MR) is 95.2 cm³/mol. The predicted octanol–water partition coefficient (Wildman–Crippen LogP) is 4.78. The summed E-state index contributed by atoms with van der Waals surface area (Å²) in [5.41, 5.74) is 0.951. The first-order valence-electron chi connectivity index (χ1n) is 8.47. The van der Waals surface area contributed by atoms with Crippen LogP contribution in [0.5, 0.6) is 0 Å². The molecule has 128 valence electrons. The molecule has 1 N–H and O–H groups in total. The molecular formula is C18H25Cl2NO2. The van der Waals surface area contributed by atoms with Crippen molar-refractivity contribution in [1.82, 2.24) is 5.32 Å². The fourth-order valence-electron chi connectivity index (χ4n) is 2.84. The Labute approximate surface area is 148 Å². The van der Waals surface area contributed by atoms with E-state index in [0.29, 0.717) is 35.5 Å². The first kappa shape index (κ1) is 18.6. The molecule has 0 saturated heterocycles. The van der Waals surface area contributed by atoms with Crippen LogP contribution in [-0.4, -0.2) is 25.2 Å². The van der Waals surface area contributed by atoms with Crippen LogP contribution in [0.25, 0.3) is 0 Å². The summed E-state index contributed by atoms with van der Waals surface area (Å²) in [5.74, 6) is 0.0497. The summed E-state index contributed by atoms with van der Waals surface area (Å²) in [6.07, 6.45) is 8.65. The highest BCUT2D eigenvalue weighted by Gasteiger charge is 2.13. The maximum absolute atomic E-state index is 11.8. The van der Waals surface area contributed by atoms with E-state index in [1.807, 2.05) is 6.07 Å². The second-order valence-electron chi connectivity index (χ2n) is 6.07. The van der Waals surface area contributed by atoms with Crippen molar-refractivity contribution in [3.63, 3.8) is 0 Å². The second-order valence-corrected chi connectivity index (χ2v) is 6.91. The lowest BCUT2D eigenvalue weighted by atomic mass is 9.98. The van der Waals surface area contributed by atoms with Crippen LogP contribution >= 0.6 is 23.2 Å². The topological polar surface area (TPSA) is 38.3 Å². The Hall–Kier alpha value is -0.770. The molecule has 5 heteroatoms. The molecule has 0 radical (unpaired) electrons. The van der Waals surface area contributed by atoms with E-state index in [4.69, 9.17) is 27.9 Å². The third kappa shape index (κ3) is 7.11. The van der Waals surface area contributed by atoms with E-state index in [2.05, 4.69) is 5.32 Å². The van der Waals surface area contributed by atoms with Gasteiger partial charge in [0.15, 0.2) is 0 Å². The van der Waals surface area contributed by atoms with Crippen LogP contribution in [0.15, 0.2) is 18.2 Å². The molecule has 1 fully saturated rings. The van der Waals surface area contributed by atoms with E-state index in [1.54, 1.807) is 12.1 Å². The average Bonchev–Trinajstić information content (AvgIpc) is 2.54. The van der Waals surface area contributed by atoms with Gasteiger partial charge < -0.3 is 10.1 Å². The van der Waals surface area contributed by atoms with Gasteiger partial charge in [-0.15, -0.1) is 0 Å². The normalized spacial score (nSPS) is 15.6. The van der Waals surface area contributed by atoms with Crippen molar-refractivity contribution in [2.75, 3.05) is 13.2 Å². The smallest absolute Gasteiger partial charge is 0.220 e. The minimum Gasteiger partial charge on any atom is -0.378 e. The maximum atomic E-state index is 11.8. The molecular weight excluding hydrogens is 333 g/mol. The Morgan fingerprint density at radius 2 is 2.00 bits per heavy atom. The van der Waals surface area contributed by atoms with Crippen LogP contribution in [0, 0.1) is 0 Å². The zero-order valence-electron chi connectivity index (χ0n) is 13.5. The van der Waals surface area contributed by atoms with Gasteiger partial charge >= 0.3 is 0 Å². The molecule has 1 aromatic carbocycles. The molecule has 1 amide bonds. The lowest BCUT2D eigenvalue weighted by molar-refractivity contribution is -0.121. The van der Waals surface area contributed by atoms with Crippen LogP contribution in [0.2, 0.25) is 10.0 Å². The molecule has 0 atom stereocenters. The van der Waals surface area contributed by atoms with Crippen LogP contribution in [-0.2, 0) is 16.0 Å². The molecule has 2 rings (SSSR count). The number of hydrogen-bond acceptors (Lipinski definition) is 2. The van der Waals surface area contributed by atoms with E-state index >= 15 is 0 Å². The number of nitrogens with one attached hydrogen (secondary N) is 1. The number of aryl methyl sites for hydroxylation is 1. The molecule has 0 heterocycles. The van der Waals surface area contributed by atoms with E-state index < -0.39 is 0 Å². The molecule has 0 unspecified atom stereocenters. The molecule has 1 aliphatic carbocycles. The van der Waals surface area contributed by atoms with Crippen molar-refractivity contribution in [1.29, 1.82) is 0 Å². The van der Waals surface area contributed by atoms with E-state index in [1.165, 1.54) is 32.1 Å². The molecule has 0 aromatic heterocycles. The number of ether oxygens (including phenoxy) is 1. The Kier molecular flexibility index (Phi) is 8.21. The molecule has 1 saturated carbocycles. The number of benzene rings is 1. The summed E-state index contributed by atoms with van der Waals surface area (Å²) in [4.78, 5) is 11.8. The molecule has 0 spiro atoms. The molecule has 0 bridgehead atoms. The van der Waals surface area contributed by atoms with Crippen LogP contribution in [0.1, 0.15) is 50.5 Å². The third-order valence-electron chi connectivity index (χ3n) is 4.19. The number of halogens is 2. The van der Waals surface area contributed by atoms with Crippen LogP contribution in [0.3, 0.4) is 0 Å². The highest BCUT2D eigenvalue weighted by Crippen LogP contribution is 2.22. The number of hydrogen-bond donors (Lipinski definition) is 1. The first-order chi connectivity index (χ1) is 11.1. The Balaban J connectivity index is 1.54. The maximum Gasteiger partial charge on any atom is 0.220 e. The molecule has 0 aliphatic heterocycles. The Bertz CT molecular complexity index is 502. The van der Waals surface area contributed by atoms with Gasteiger partial charge in [0.1, 0.15) is 0 Å². The van der Waals surface area contributed by atoms with Gasteiger partial charge in [0, 0.05) is 29.6 Å². The number of amides is 1. The fourth-order valence-corrected chi connectivity index (χ4v) is 3.35. The van der Waals surface area contributed by atoms with Crippen molar-refractivity contribution >= 4 is 29.1 Å². The summed E-state index contributed by atoms with van der Waals surface area (Å²) < 4.78 is 5.84. The summed E-state index contributed by atoms with van der Waals surface area (Å²) in [5, 5.41) is 4.16. The van der Waals surface area contributed by atoms with Gasteiger partial charge in [0.2, 0.25) is 5.91 Å². The molecule has 3 nitrogen and oxygen atoms in total. The third-order valence-corrected chi connectivity index (χ3v) is 4.77. The fraction of sp³-hybridized carbons (Fsp3) is 0.611. The summed E-state index contributed by atoms with van der Waals surface area (Å²) in [6, 6.07) is 5.37. The standard InChI is InChI=1S/C18H25Cl2NO2/c19-15-9-7-14(17(20)13-15)8-10-18(22)21-11-4-12-23-16-5-2-1-3-6-16/h7,9,13,16H,1-6,8,10-12H2,(H,21,22). The monoisotopic (exact) mass is 357 g/mol. The highest BCUT2D eigenvalue weighted by atomic mass is 35.5. The Morgan fingerprint density at radius 1 is 1.22 bits per heavy atom. The lowest BCUT2D eigenvalue weighted by Gasteiger charge is -2.21. The molecule has 1 aromatic rings. The highest BCUT2D eigenvalue weighted by molar-refractivity contribution is 6.35. The number of rotatable bonds is 8. The summed E-state index contributed by atoms with van der Waals surface area (Å²) >= 11 is 12.0. The zero-order valence-corrected chi connectivity index (χ0v) is 15.0. The van der Waals surface area contributed by atoms with Gasteiger partial charge in [-0.2, -0.15) is 0 Å². The molecule has 23 heavy (non-hydrogen) atoms. The number of carbonyl (C=O) groups is 1. The summed E-state index contributed by atoms with van der Waals surface area (Å²) in [7, 11) is 0. The lowest BCUT2D eigenvalue weighted by Crippen LogP contribution is -2.26. The van der Waals surface area contributed by atoms with Crippen molar-refractivity contribution in [3.05, 3.63) is 33.8 Å². The minimum absolute atomic E-state index is 0.0497. The van der Waals surface area contributed by atoms with Gasteiger partial charge in [-0.1, -0.05) is 48.5 Å². The van der Waals surface area contributed by atoms with E-state index in [9.17, 15) is 4.79 Å². The number of carbonyl (C=O) groups excluding carboxylic acids is 1. The zero-order chi connectivity index (χ0) is 16.5. The van der Waals surface area contributed by atoms with Gasteiger partial charge in [-0.05, 0) is 43.4 Å². The van der Waals surface area contributed by atoms with Crippen molar-refractivity contribution in [2.45, 2.75) is 57.5 Å². The van der Waals surface area contributed by atoms with E-state index in [0.717, 1.165) is 18.6 Å². The van der Waals surface area contributed by atoms with Crippen LogP contribution in [0.4, 0.5) is 0 Å². The van der Waals surface area contributed by atoms with Gasteiger partial charge in [-0.3, -0.25) is 4.79 Å². The largest absolute Gasteiger partial charge is 0.378 e. The van der Waals surface area contributed by atoms with Gasteiger partial charge in [-0.25, -0.2) is 0 Å². The first-order valence-corrected chi connectivity index (χ1v) is 9.23.